The van der Waals surface area contributed by atoms with Crippen LogP contribution in [0.1, 0.15) is 12.5 Å². The van der Waals surface area contributed by atoms with Crippen molar-refractivity contribution in [2.45, 2.75) is 13.3 Å². The maximum Gasteiger partial charge on any atom is 0.188 e. The summed E-state index contributed by atoms with van der Waals surface area (Å²) in [6.45, 7) is 2.21. The second-order valence-corrected chi connectivity index (χ2v) is 4.24. The predicted octanol–water partition coefficient (Wildman–Crippen LogP) is 4.04. The van der Waals surface area contributed by atoms with Crippen molar-refractivity contribution >= 4 is 0 Å². The molecular weight excluding hydrogens is 243 g/mol. The molecular formula is C16H17FO2. The summed E-state index contributed by atoms with van der Waals surface area (Å²) in [5, 5.41) is 0. The molecule has 0 atom stereocenters. The van der Waals surface area contributed by atoms with Crippen LogP contribution in [0.2, 0.25) is 0 Å². The maximum absolute atomic E-state index is 14.0. The number of benzene rings is 2. The first-order valence-corrected chi connectivity index (χ1v) is 6.25. The van der Waals surface area contributed by atoms with E-state index in [0.717, 1.165) is 12.0 Å². The Hall–Kier alpha value is -1.87. The molecule has 3 heteroatoms. The third kappa shape index (κ3) is 3.32. The van der Waals surface area contributed by atoms with Gasteiger partial charge in [-0.15, -0.1) is 0 Å². The SMILES string of the molecule is CCc1ccc(-c2ccc(OCOC)cc2F)cc1. The number of halogens is 1. The zero-order valence-corrected chi connectivity index (χ0v) is 11.2. The first-order valence-electron chi connectivity index (χ1n) is 6.25. The summed E-state index contributed by atoms with van der Waals surface area (Å²) in [7, 11) is 1.53. The molecule has 0 amide bonds. The van der Waals surface area contributed by atoms with E-state index in [2.05, 4.69) is 6.92 Å². The van der Waals surface area contributed by atoms with Gasteiger partial charge < -0.3 is 9.47 Å². The van der Waals surface area contributed by atoms with Gasteiger partial charge in [0.25, 0.3) is 0 Å². The monoisotopic (exact) mass is 260 g/mol. The zero-order valence-electron chi connectivity index (χ0n) is 11.2. The Bertz CT molecular complexity index is 535. The molecule has 0 bridgehead atoms. The highest BCUT2D eigenvalue weighted by atomic mass is 19.1. The van der Waals surface area contributed by atoms with Crippen molar-refractivity contribution in [2.24, 2.45) is 0 Å². The fraction of sp³-hybridized carbons (Fsp3) is 0.250. The third-order valence-corrected chi connectivity index (χ3v) is 2.96. The molecule has 0 aliphatic rings. The van der Waals surface area contributed by atoms with E-state index in [-0.39, 0.29) is 12.6 Å². The van der Waals surface area contributed by atoms with Gasteiger partial charge in [0, 0.05) is 18.7 Å². The van der Waals surface area contributed by atoms with E-state index in [4.69, 9.17) is 9.47 Å². The van der Waals surface area contributed by atoms with Gasteiger partial charge in [0.2, 0.25) is 0 Å². The molecule has 0 aliphatic heterocycles. The topological polar surface area (TPSA) is 18.5 Å². The highest BCUT2D eigenvalue weighted by Crippen LogP contribution is 2.26. The number of ether oxygens (including phenoxy) is 2. The minimum atomic E-state index is -0.294. The van der Waals surface area contributed by atoms with Crippen LogP contribution in [0.5, 0.6) is 5.75 Å². The van der Waals surface area contributed by atoms with Gasteiger partial charge in [-0.3, -0.25) is 0 Å². The van der Waals surface area contributed by atoms with Crippen LogP contribution in [0.4, 0.5) is 4.39 Å². The lowest BCUT2D eigenvalue weighted by Crippen LogP contribution is -1.99. The standard InChI is InChI=1S/C16H17FO2/c1-3-12-4-6-13(7-5-12)15-9-8-14(10-16(15)17)19-11-18-2/h4-10H,3,11H2,1-2H3. The van der Waals surface area contributed by atoms with Gasteiger partial charge in [0.1, 0.15) is 11.6 Å². The molecule has 0 aliphatic carbocycles. The molecule has 0 radical (unpaired) electrons. The molecule has 0 unspecified atom stereocenters. The van der Waals surface area contributed by atoms with E-state index in [1.165, 1.54) is 18.7 Å². The van der Waals surface area contributed by atoms with Crippen LogP contribution in [0.15, 0.2) is 42.5 Å². The smallest absolute Gasteiger partial charge is 0.188 e. The summed E-state index contributed by atoms with van der Waals surface area (Å²) in [6, 6.07) is 12.8. The molecule has 0 spiro atoms. The van der Waals surface area contributed by atoms with Crippen LogP contribution in [0, 0.1) is 5.82 Å². The summed E-state index contributed by atoms with van der Waals surface area (Å²) in [4.78, 5) is 0. The van der Waals surface area contributed by atoms with Crippen LogP contribution in [0.3, 0.4) is 0 Å². The van der Waals surface area contributed by atoms with Crippen molar-refractivity contribution in [3.8, 4) is 16.9 Å². The zero-order chi connectivity index (χ0) is 13.7. The summed E-state index contributed by atoms with van der Waals surface area (Å²) >= 11 is 0. The molecule has 0 heterocycles. The van der Waals surface area contributed by atoms with E-state index in [1.807, 2.05) is 24.3 Å². The minimum Gasteiger partial charge on any atom is -0.467 e. The summed E-state index contributed by atoms with van der Waals surface area (Å²) in [5.74, 6) is 0.172. The van der Waals surface area contributed by atoms with Crippen LogP contribution in [-0.4, -0.2) is 13.9 Å². The normalized spacial score (nSPS) is 10.5. The van der Waals surface area contributed by atoms with Gasteiger partial charge in [-0.05, 0) is 29.7 Å². The van der Waals surface area contributed by atoms with Crippen molar-refractivity contribution in [1.82, 2.24) is 0 Å². The van der Waals surface area contributed by atoms with Crippen molar-refractivity contribution in [3.63, 3.8) is 0 Å². The second-order valence-electron chi connectivity index (χ2n) is 4.24. The Morgan fingerprint density at radius 1 is 1.05 bits per heavy atom. The average molecular weight is 260 g/mol. The first-order chi connectivity index (χ1) is 9.24. The van der Waals surface area contributed by atoms with Crippen LogP contribution < -0.4 is 4.74 Å². The Kier molecular flexibility index (Phi) is 4.53. The molecule has 0 N–H and O–H groups in total. The van der Waals surface area contributed by atoms with Gasteiger partial charge in [-0.25, -0.2) is 4.39 Å². The fourth-order valence-electron chi connectivity index (χ4n) is 1.87. The van der Waals surface area contributed by atoms with Gasteiger partial charge in [-0.2, -0.15) is 0 Å². The van der Waals surface area contributed by atoms with Crippen molar-refractivity contribution in [2.75, 3.05) is 13.9 Å². The lowest BCUT2D eigenvalue weighted by Gasteiger charge is -2.08. The molecule has 0 saturated heterocycles. The average Bonchev–Trinajstić information content (AvgIpc) is 2.45. The largest absolute Gasteiger partial charge is 0.467 e. The third-order valence-electron chi connectivity index (χ3n) is 2.96. The molecule has 2 aromatic rings. The Morgan fingerprint density at radius 3 is 2.37 bits per heavy atom. The van der Waals surface area contributed by atoms with E-state index in [1.54, 1.807) is 12.1 Å². The molecule has 0 fully saturated rings. The molecule has 0 aromatic heterocycles. The highest BCUT2D eigenvalue weighted by Gasteiger charge is 2.06. The lowest BCUT2D eigenvalue weighted by atomic mass is 10.0. The number of methoxy groups -OCH3 is 1. The number of hydrogen-bond acceptors (Lipinski definition) is 2. The Morgan fingerprint density at radius 2 is 1.79 bits per heavy atom. The van der Waals surface area contributed by atoms with E-state index >= 15 is 0 Å². The Labute approximate surface area is 112 Å². The van der Waals surface area contributed by atoms with Gasteiger partial charge in [-0.1, -0.05) is 31.2 Å². The van der Waals surface area contributed by atoms with Gasteiger partial charge in [0.15, 0.2) is 6.79 Å². The van der Waals surface area contributed by atoms with E-state index in [0.29, 0.717) is 11.3 Å². The molecule has 0 saturated carbocycles. The fourth-order valence-corrected chi connectivity index (χ4v) is 1.87. The van der Waals surface area contributed by atoms with Crippen LogP contribution >= 0.6 is 0 Å². The molecule has 100 valence electrons. The maximum atomic E-state index is 14.0. The van der Waals surface area contributed by atoms with Crippen LogP contribution in [-0.2, 0) is 11.2 Å². The van der Waals surface area contributed by atoms with Crippen molar-refractivity contribution in [1.29, 1.82) is 0 Å². The van der Waals surface area contributed by atoms with Crippen molar-refractivity contribution < 1.29 is 13.9 Å². The van der Waals surface area contributed by atoms with Gasteiger partial charge >= 0.3 is 0 Å². The van der Waals surface area contributed by atoms with Gasteiger partial charge in [0.05, 0.1) is 0 Å². The predicted molar refractivity (Wildman–Crippen MR) is 73.7 cm³/mol. The highest BCUT2D eigenvalue weighted by molar-refractivity contribution is 5.65. The Balaban J connectivity index is 2.24. The van der Waals surface area contributed by atoms with Crippen molar-refractivity contribution in [3.05, 3.63) is 53.8 Å². The summed E-state index contributed by atoms with van der Waals surface area (Å²) in [6.07, 6.45) is 0.979. The molecule has 2 rings (SSSR count). The summed E-state index contributed by atoms with van der Waals surface area (Å²) < 4.78 is 24.0. The second kappa shape index (κ2) is 6.34. The molecule has 19 heavy (non-hydrogen) atoms. The lowest BCUT2D eigenvalue weighted by molar-refractivity contribution is 0.0509. The summed E-state index contributed by atoms with van der Waals surface area (Å²) in [5.41, 5.74) is 2.68. The van der Waals surface area contributed by atoms with Crippen LogP contribution in [0.25, 0.3) is 11.1 Å². The molecule has 2 aromatic carbocycles. The number of aryl methyl sites for hydroxylation is 1. The van der Waals surface area contributed by atoms with E-state index < -0.39 is 0 Å². The minimum absolute atomic E-state index is 0.115. The quantitative estimate of drug-likeness (QED) is 0.755. The van der Waals surface area contributed by atoms with E-state index in [9.17, 15) is 4.39 Å². The molecule has 2 nitrogen and oxygen atoms in total. The number of rotatable bonds is 5. The first kappa shape index (κ1) is 13.6. The number of hydrogen-bond donors (Lipinski definition) is 0.